The molecular weight excluding hydrogens is 428 g/mol. The molecule has 2 aromatic rings. The molecule has 2 fully saturated rings. The topological polar surface area (TPSA) is 118 Å². The molecule has 2 aliphatic rings. The Bertz CT molecular complexity index is 1130. The Labute approximate surface area is 177 Å². The van der Waals surface area contributed by atoms with Gasteiger partial charge in [-0.05, 0) is 31.0 Å². The molecule has 1 aromatic heterocycles. The molecule has 1 unspecified atom stereocenters. The van der Waals surface area contributed by atoms with E-state index in [2.05, 4.69) is 10.4 Å². The zero-order valence-corrected chi connectivity index (χ0v) is 17.8. The molecule has 2 aliphatic heterocycles. The van der Waals surface area contributed by atoms with Crippen LogP contribution in [-0.4, -0.2) is 57.4 Å². The van der Waals surface area contributed by atoms with Gasteiger partial charge in [-0.2, -0.15) is 5.10 Å². The predicted molar refractivity (Wildman–Crippen MR) is 112 cm³/mol. The van der Waals surface area contributed by atoms with Crippen LogP contribution in [0.3, 0.4) is 0 Å². The van der Waals surface area contributed by atoms with Crippen molar-refractivity contribution in [3.63, 3.8) is 0 Å². The zero-order chi connectivity index (χ0) is 21.5. The van der Waals surface area contributed by atoms with Gasteiger partial charge < -0.3 is 5.32 Å². The maximum atomic E-state index is 12.8. The van der Waals surface area contributed by atoms with E-state index in [4.69, 9.17) is 0 Å². The van der Waals surface area contributed by atoms with Crippen LogP contribution in [-0.2, 0) is 21.2 Å². The highest BCUT2D eigenvalue weighted by atomic mass is 32.2. The van der Waals surface area contributed by atoms with Crippen LogP contribution in [0.4, 0.5) is 10.6 Å². The molecule has 11 heteroatoms. The van der Waals surface area contributed by atoms with E-state index in [1.165, 1.54) is 4.90 Å². The van der Waals surface area contributed by atoms with Gasteiger partial charge in [0.2, 0.25) is 5.91 Å². The standard InChI is InChI=1S/C19H20N4O5S2/c1-12-7-16(23(21-12)15-5-6-30(27,28)11-15)20-18(25)14-4-2-3-13(8-14)9-22-17(24)10-29-19(22)26/h2-4,7-8,15H,5-6,9-11H2,1H3,(H,20,25). The van der Waals surface area contributed by atoms with E-state index in [9.17, 15) is 22.8 Å². The quantitative estimate of drug-likeness (QED) is 0.743. The third kappa shape index (κ3) is 4.26. The molecule has 158 valence electrons. The molecule has 30 heavy (non-hydrogen) atoms. The van der Waals surface area contributed by atoms with Crippen molar-refractivity contribution in [3.05, 3.63) is 47.2 Å². The van der Waals surface area contributed by atoms with Gasteiger partial charge in [-0.1, -0.05) is 23.9 Å². The number of carbonyl (C=O) groups excluding carboxylic acids is 3. The number of carbonyl (C=O) groups is 3. The minimum Gasteiger partial charge on any atom is -0.307 e. The van der Waals surface area contributed by atoms with Crippen LogP contribution in [0.2, 0.25) is 0 Å². The van der Waals surface area contributed by atoms with Gasteiger partial charge in [-0.25, -0.2) is 13.1 Å². The number of amides is 3. The van der Waals surface area contributed by atoms with Crippen LogP contribution in [0.15, 0.2) is 30.3 Å². The lowest BCUT2D eigenvalue weighted by molar-refractivity contribution is -0.125. The molecule has 0 bridgehead atoms. The van der Waals surface area contributed by atoms with Crippen molar-refractivity contribution >= 4 is 44.5 Å². The fourth-order valence-corrected chi connectivity index (χ4v) is 5.99. The molecule has 9 nitrogen and oxygen atoms in total. The van der Waals surface area contributed by atoms with Crippen LogP contribution in [0.25, 0.3) is 0 Å². The molecule has 0 saturated carbocycles. The highest BCUT2D eigenvalue weighted by molar-refractivity contribution is 8.14. The molecule has 3 amide bonds. The monoisotopic (exact) mass is 448 g/mol. The molecule has 0 radical (unpaired) electrons. The molecular formula is C19H20N4O5S2. The number of sulfone groups is 1. The Balaban J connectivity index is 1.51. The summed E-state index contributed by atoms with van der Waals surface area (Å²) >= 11 is 0.966. The van der Waals surface area contributed by atoms with Crippen molar-refractivity contribution < 1.29 is 22.8 Å². The Morgan fingerprint density at radius 1 is 1.30 bits per heavy atom. The average Bonchev–Trinajstić information content (AvgIpc) is 3.34. The molecule has 4 rings (SSSR count). The van der Waals surface area contributed by atoms with Crippen molar-refractivity contribution in [1.29, 1.82) is 0 Å². The van der Waals surface area contributed by atoms with Crippen LogP contribution in [0.1, 0.15) is 34.1 Å². The molecule has 1 N–H and O–H groups in total. The summed E-state index contributed by atoms with van der Waals surface area (Å²) in [6.07, 6.45) is 0.456. The Morgan fingerprint density at radius 3 is 2.77 bits per heavy atom. The van der Waals surface area contributed by atoms with Gasteiger partial charge >= 0.3 is 0 Å². The summed E-state index contributed by atoms with van der Waals surface area (Å²) in [5.74, 6) is 0.0594. The molecule has 0 aliphatic carbocycles. The average molecular weight is 449 g/mol. The lowest BCUT2D eigenvalue weighted by atomic mass is 10.1. The number of rotatable bonds is 5. The van der Waals surface area contributed by atoms with Gasteiger partial charge in [-0.15, -0.1) is 0 Å². The summed E-state index contributed by atoms with van der Waals surface area (Å²) in [4.78, 5) is 37.6. The van der Waals surface area contributed by atoms with E-state index in [0.29, 0.717) is 29.1 Å². The van der Waals surface area contributed by atoms with Gasteiger partial charge in [0.25, 0.3) is 11.1 Å². The molecule has 1 aromatic carbocycles. The highest BCUT2D eigenvalue weighted by Gasteiger charge is 2.32. The van der Waals surface area contributed by atoms with E-state index in [1.807, 2.05) is 0 Å². The maximum Gasteiger partial charge on any atom is 0.289 e. The fourth-order valence-electron chi connectivity index (χ4n) is 3.57. The Morgan fingerprint density at radius 2 is 2.10 bits per heavy atom. The van der Waals surface area contributed by atoms with Gasteiger partial charge in [0.05, 0.1) is 35.5 Å². The lowest BCUT2D eigenvalue weighted by Gasteiger charge is -2.15. The van der Waals surface area contributed by atoms with E-state index < -0.39 is 9.84 Å². The summed E-state index contributed by atoms with van der Waals surface area (Å²) in [5.41, 5.74) is 1.70. The number of benzene rings is 1. The number of hydrogen-bond donors (Lipinski definition) is 1. The van der Waals surface area contributed by atoms with Crippen molar-refractivity contribution in [2.75, 3.05) is 22.6 Å². The number of nitrogens with zero attached hydrogens (tertiary/aromatic N) is 3. The third-order valence-corrected chi connectivity index (χ3v) is 7.63. The zero-order valence-electron chi connectivity index (χ0n) is 16.2. The lowest BCUT2D eigenvalue weighted by Crippen LogP contribution is -2.28. The molecule has 0 spiro atoms. The van der Waals surface area contributed by atoms with Gasteiger partial charge in [-0.3, -0.25) is 19.3 Å². The molecule has 1 atom stereocenters. The highest BCUT2D eigenvalue weighted by Crippen LogP contribution is 2.27. The number of hydrogen-bond acceptors (Lipinski definition) is 7. The van der Waals surface area contributed by atoms with Crippen LogP contribution < -0.4 is 5.32 Å². The predicted octanol–water partition coefficient (Wildman–Crippen LogP) is 2.00. The number of thioether (sulfide) groups is 1. The maximum absolute atomic E-state index is 12.8. The van der Waals surface area contributed by atoms with Gasteiger partial charge in [0, 0.05) is 11.6 Å². The number of imide groups is 1. The van der Waals surface area contributed by atoms with E-state index in [-0.39, 0.29) is 46.9 Å². The van der Waals surface area contributed by atoms with Crippen LogP contribution >= 0.6 is 11.8 Å². The van der Waals surface area contributed by atoms with E-state index >= 15 is 0 Å². The Kier molecular flexibility index (Phi) is 5.41. The molecule has 2 saturated heterocycles. The largest absolute Gasteiger partial charge is 0.307 e. The fraction of sp³-hybridized carbons (Fsp3) is 0.368. The minimum atomic E-state index is -3.09. The van der Waals surface area contributed by atoms with Gasteiger partial charge in [0.1, 0.15) is 5.82 Å². The first-order valence-electron chi connectivity index (χ1n) is 9.36. The first kappa shape index (κ1) is 20.6. The summed E-state index contributed by atoms with van der Waals surface area (Å²) in [5, 5.41) is 6.88. The third-order valence-electron chi connectivity index (χ3n) is 5.02. The number of nitrogens with one attached hydrogen (secondary N) is 1. The second-order valence-electron chi connectivity index (χ2n) is 7.36. The second-order valence-corrected chi connectivity index (χ2v) is 10.5. The van der Waals surface area contributed by atoms with E-state index in [1.54, 1.807) is 41.9 Å². The molecule has 3 heterocycles. The van der Waals surface area contributed by atoms with Crippen molar-refractivity contribution in [1.82, 2.24) is 14.7 Å². The van der Waals surface area contributed by atoms with Crippen LogP contribution in [0, 0.1) is 6.92 Å². The summed E-state index contributed by atoms with van der Waals surface area (Å²) in [7, 11) is -3.09. The van der Waals surface area contributed by atoms with Crippen LogP contribution in [0.5, 0.6) is 0 Å². The minimum absolute atomic E-state index is 0.00236. The number of anilines is 1. The second kappa shape index (κ2) is 7.88. The first-order chi connectivity index (χ1) is 14.2. The Hall–Kier alpha value is -2.66. The summed E-state index contributed by atoms with van der Waals surface area (Å²) in [6.45, 7) is 1.89. The van der Waals surface area contributed by atoms with Crippen molar-refractivity contribution in [2.45, 2.75) is 25.9 Å². The first-order valence-corrected chi connectivity index (χ1v) is 12.2. The van der Waals surface area contributed by atoms with Crippen molar-refractivity contribution in [3.8, 4) is 0 Å². The van der Waals surface area contributed by atoms with E-state index in [0.717, 1.165) is 11.8 Å². The van der Waals surface area contributed by atoms with Crippen molar-refractivity contribution in [2.24, 2.45) is 0 Å². The van der Waals surface area contributed by atoms with Gasteiger partial charge in [0.15, 0.2) is 9.84 Å². The number of aryl methyl sites for hydroxylation is 1. The normalized spacial score (nSPS) is 20.7. The number of aromatic nitrogens is 2. The SMILES string of the molecule is Cc1cc(NC(=O)c2cccc(CN3C(=O)CSC3=O)c2)n(C2CCS(=O)(=O)C2)n1. The summed E-state index contributed by atoms with van der Waals surface area (Å²) in [6, 6.07) is 8.09. The smallest absolute Gasteiger partial charge is 0.289 e. The summed E-state index contributed by atoms with van der Waals surface area (Å²) < 4.78 is 25.2.